The van der Waals surface area contributed by atoms with Gasteiger partial charge >= 0.3 is 0 Å². The van der Waals surface area contributed by atoms with Crippen LogP contribution < -0.4 is 0 Å². The highest BCUT2D eigenvalue weighted by atomic mass is 16.5. The lowest BCUT2D eigenvalue weighted by Gasteiger charge is -2.20. The van der Waals surface area contributed by atoms with Crippen molar-refractivity contribution in [2.45, 2.75) is 58.7 Å². The van der Waals surface area contributed by atoms with Crippen LogP contribution in [-0.4, -0.2) is 22.9 Å². The van der Waals surface area contributed by atoms with E-state index in [1.165, 1.54) is 0 Å². The molecule has 0 bridgehead atoms. The number of rotatable bonds is 1. The van der Waals surface area contributed by atoms with E-state index in [0.717, 1.165) is 12.8 Å². The molecule has 2 nitrogen and oxygen atoms in total. The Morgan fingerprint density at radius 3 is 2.00 bits per heavy atom. The Balaban J connectivity index is 0.000000561. The minimum absolute atomic E-state index is 0.120. The van der Waals surface area contributed by atoms with Crippen molar-refractivity contribution in [2.75, 3.05) is 6.61 Å². The molecule has 1 rings (SSSR count). The van der Waals surface area contributed by atoms with Crippen LogP contribution in [0, 0.1) is 0 Å². The van der Waals surface area contributed by atoms with Crippen LogP contribution in [0.3, 0.4) is 0 Å². The van der Waals surface area contributed by atoms with Gasteiger partial charge in [-0.25, -0.2) is 0 Å². The van der Waals surface area contributed by atoms with E-state index in [1.807, 2.05) is 34.6 Å². The molecule has 1 heterocycles. The molecule has 1 aliphatic rings. The Labute approximate surface area is 75.9 Å². The fraction of sp³-hybridized carbons (Fsp3) is 1.00. The Bertz CT molecular complexity index is 132. The molecule has 1 saturated heterocycles. The summed E-state index contributed by atoms with van der Waals surface area (Å²) in [5.74, 6) is 0. The molecular formula is C10H22O2. The van der Waals surface area contributed by atoms with Gasteiger partial charge in [0, 0.05) is 6.42 Å². The smallest absolute Gasteiger partial charge is 0.0905 e. The normalized spacial score (nSPS) is 32.5. The number of ether oxygens (including phenoxy) is 1. The average molecular weight is 174 g/mol. The Kier molecular flexibility index (Phi) is 4.21. The van der Waals surface area contributed by atoms with Gasteiger partial charge in [0.05, 0.1) is 17.8 Å². The summed E-state index contributed by atoms with van der Waals surface area (Å²) >= 11 is 0. The van der Waals surface area contributed by atoms with E-state index in [-0.39, 0.29) is 5.60 Å². The molecule has 0 saturated carbocycles. The minimum atomic E-state index is -0.552. The molecule has 12 heavy (non-hydrogen) atoms. The van der Waals surface area contributed by atoms with Crippen molar-refractivity contribution in [1.29, 1.82) is 0 Å². The summed E-state index contributed by atoms with van der Waals surface area (Å²) in [4.78, 5) is 0. The quantitative estimate of drug-likeness (QED) is 0.661. The molecule has 0 aromatic rings. The van der Waals surface area contributed by atoms with Crippen LogP contribution in [0.5, 0.6) is 0 Å². The predicted octanol–water partition coefficient (Wildman–Crippen LogP) is 2.35. The summed E-state index contributed by atoms with van der Waals surface area (Å²) in [5, 5.41) is 9.71. The van der Waals surface area contributed by atoms with Gasteiger partial charge in [0.1, 0.15) is 0 Å². The van der Waals surface area contributed by atoms with Gasteiger partial charge in [-0.15, -0.1) is 0 Å². The van der Waals surface area contributed by atoms with Crippen LogP contribution in [-0.2, 0) is 4.74 Å². The van der Waals surface area contributed by atoms with Crippen molar-refractivity contribution in [1.82, 2.24) is 0 Å². The van der Waals surface area contributed by atoms with Crippen LogP contribution in [0.2, 0.25) is 0 Å². The van der Waals surface area contributed by atoms with E-state index >= 15 is 0 Å². The summed E-state index contributed by atoms with van der Waals surface area (Å²) < 4.78 is 5.40. The Morgan fingerprint density at radius 1 is 1.33 bits per heavy atom. The van der Waals surface area contributed by atoms with Gasteiger partial charge in [-0.2, -0.15) is 0 Å². The van der Waals surface area contributed by atoms with Crippen molar-refractivity contribution in [3.63, 3.8) is 0 Å². The number of aliphatic hydroxyl groups is 1. The molecule has 1 atom stereocenters. The van der Waals surface area contributed by atoms with E-state index in [1.54, 1.807) is 0 Å². The Hall–Kier alpha value is -0.0800. The van der Waals surface area contributed by atoms with E-state index in [4.69, 9.17) is 4.74 Å². The van der Waals surface area contributed by atoms with Gasteiger partial charge in [0.15, 0.2) is 0 Å². The number of hydrogen-bond acceptors (Lipinski definition) is 2. The first-order valence-electron chi connectivity index (χ1n) is 4.84. The molecule has 1 fully saturated rings. The number of hydrogen-bond donors (Lipinski definition) is 1. The summed E-state index contributed by atoms with van der Waals surface area (Å²) in [6.45, 7) is 10.5. The topological polar surface area (TPSA) is 29.5 Å². The average Bonchev–Trinajstić information content (AvgIpc) is 2.31. The zero-order valence-corrected chi connectivity index (χ0v) is 8.98. The first-order chi connectivity index (χ1) is 5.47. The van der Waals surface area contributed by atoms with Crippen LogP contribution in [0.25, 0.3) is 0 Å². The zero-order valence-electron chi connectivity index (χ0n) is 8.98. The molecule has 1 N–H and O–H groups in total. The standard InChI is InChI=1S/C8H16O2.C2H6/c1-4-8(9)5-7(2,3)10-6-8;1-2/h9H,4-6H2,1-3H3;1-2H3. The molecule has 0 aliphatic carbocycles. The molecule has 0 amide bonds. The molecule has 0 aromatic heterocycles. The lowest BCUT2D eigenvalue weighted by atomic mass is 9.92. The van der Waals surface area contributed by atoms with E-state index in [9.17, 15) is 5.11 Å². The van der Waals surface area contributed by atoms with Crippen molar-refractivity contribution in [3.8, 4) is 0 Å². The van der Waals surface area contributed by atoms with Gasteiger partial charge in [0.2, 0.25) is 0 Å². The highest BCUT2D eigenvalue weighted by molar-refractivity contribution is 4.91. The van der Waals surface area contributed by atoms with E-state index in [0.29, 0.717) is 6.61 Å². The fourth-order valence-electron chi connectivity index (χ4n) is 1.45. The third-order valence-corrected chi connectivity index (χ3v) is 2.14. The molecule has 1 unspecified atom stereocenters. The van der Waals surface area contributed by atoms with Gasteiger partial charge < -0.3 is 9.84 Å². The lowest BCUT2D eigenvalue weighted by Crippen LogP contribution is -2.29. The largest absolute Gasteiger partial charge is 0.387 e. The van der Waals surface area contributed by atoms with Crippen molar-refractivity contribution in [3.05, 3.63) is 0 Å². The SMILES string of the molecule is CC.CCC1(O)COC(C)(C)C1. The van der Waals surface area contributed by atoms with Crippen molar-refractivity contribution >= 4 is 0 Å². The molecule has 2 heteroatoms. The highest BCUT2D eigenvalue weighted by Crippen LogP contribution is 2.34. The molecule has 0 radical (unpaired) electrons. The highest BCUT2D eigenvalue weighted by Gasteiger charge is 2.41. The van der Waals surface area contributed by atoms with Crippen molar-refractivity contribution < 1.29 is 9.84 Å². The summed E-state index contributed by atoms with van der Waals surface area (Å²) in [5.41, 5.74) is -0.672. The summed E-state index contributed by atoms with van der Waals surface area (Å²) in [6, 6.07) is 0. The van der Waals surface area contributed by atoms with Crippen LogP contribution >= 0.6 is 0 Å². The zero-order chi connectivity index (χ0) is 9.83. The molecule has 1 aliphatic heterocycles. The predicted molar refractivity (Wildman–Crippen MR) is 51.2 cm³/mol. The van der Waals surface area contributed by atoms with Crippen LogP contribution in [0.1, 0.15) is 47.5 Å². The van der Waals surface area contributed by atoms with Crippen molar-refractivity contribution in [2.24, 2.45) is 0 Å². The summed E-state index contributed by atoms with van der Waals surface area (Å²) in [6.07, 6.45) is 1.55. The molecular weight excluding hydrogens is 152 g/mol. The Morgan fingerprint density at radius 2 is 1.83 bits per heavy atom. The second kappa shape index (κ2) is 4.24. The first kappa shape index (κ1) is 11.9. The van der Waals surface area contributed by atoms with Crippen LogP contribution in [0.4, 0.5) is 0 Å². The monoisotopic (exact) mass is 174 g/mol. The van der Waals surface area contributed by atoms with Gasteiger partial charge in [0.25, 0.3) is 0 Å². The maximum Gasteiger partial charge on any atom is 0.0905 e. The van der Waals surface area contributed by atoms with Gasteiger partial charge in [-0.05, 0) is 20.3 Å². The molecule has 74 valence electrons. The maximum atomic E-state index is 9.71. The fourth-order valence-corrected chi connectivity index (χ4v) is 1.45. The maximum absolute atomic E-state index is 9.71. The summed E-state index contributed by atoms with van der Waals surface area (Å²) in [7, 11) is 0. The minimum Gasteiger partial charge on any atom is -0.387 e. The second-order valence-electron chi connectivity index (χ2n) is 3.80. The molecule has 0 aromatic carbocycles. The van der Waals surface area contributed by atoms with Gasteiger partial charge in [-0.1, -0.05) is 20.8 Å². The first-order valence-corrected chi connectivity index (χ1v) is 4.84. The van der Waals surface area contributed by atoms with Gasteiger partial charge in [-0.3, -0.25) is 0 Å². The van der Waals surface area contributed by atoms with E-state index < -0.39 is 5.60 Å². The third kappa shape index (κ3) is 3.11. The molecule has 0 spiro atoms. The lowest BCUT2D eigenvalue weighted by molar-refractivity contribution is 0.00411. The third-order valence-electron chi connectivity index (χ3n) is 2.14. The van der Waals surface area contributed by atoms with Crippen LogP contribution in [0.15, 0.2) is 0 Å². The second-order valence-corrected chi connectivity index (χ2v) is 3.80. The van der Waals surface area contributed by atoms with E-state index in [2.05, 4.69) is 0 Å².